The third kappa shape index (κ3) is 5.73. The minimum Gasteiger partial charge on any atom is -0.481 e. The van der Waals surface area contributed by atoms with Gasteiger partial charge in [0.2, 0.25) is 0 Å². The van der Waals surface area contributed by atoms with Gasteiger partial charge in [0.25, 0.3) is 5.91 Å². The number of amides is 1. The predicted molar refractivity (Wildman–Crippen MR) is 115 cm³/mol. The quantitative estimate of drug-likeness (QED) is 0.705. The van der Waals surface area contributed by atoms with Crippen LogP contribution >= 0.6 is 0 Å². The number of nitrogens with one attached hydrogen (secondary N) is 1. The lowest BCUT2D eigenvalue weighted by Gasteiger charge is -2.28. The Labute approximate surface area is 176 Å². The first-order valence-electron chi connectivity index (χ1n) is 10.1. The molecule has 1 saturated heterocycles. The average Bonchev–Trinajstić information content (AvgIpc) is 2.74. The van der Waals surface area contributed by atoms with Gasteiger partial charge < -0.3 is 24.4 Å². The van der Waals surface area contributed by atoms with Crippen molar-refractivity contribution in [3.05, 3.63) is 53.6 Å². The molecule has 1 amide bonds. The van der Waals surface area contributed by atoms with Crippen molar-refractivity contribution >= 4 is 23.3 Å². The molecule has 0 bridgehead atoms. The minimum atomic E-state index is -0.932. The number of aryl methyl sites for hydroxylation is 2. The molecule has 1 atom stereocenters. The fourth-order valence-electron chi connectivity index (χ4n) is 3.26. The lowest BCUT2D eigenvalue weighted by atomic mass is 10.1. The number of esters is 1. The topological polar surface area (TPSA) is 77.1 Å². The molecule has 2 aromatic rings. The minimum absolute atomic E-state index is 0.252. The summed E-state index contributed by atoms with van der Waals surface area (Å²) < 4.78 is 16.1. The Morgan fingerprint density at radius 2 is 1.70 bits per heavy atom. The Balaban J connectivity index is 1.47. The number of morpholine rings is 1. The van der Waals surface area contributed by atoms with Gasteiger partial charge in [-0.15, -0.1) is 0 Å². The average molecular weight is 412 g/mol. The summed E-state index contributed by atoms with van der Waals surface area (Å²) in [6, 6.07) is 13.3. The van der Waals surface area contributed by atoms with Crippen LogP contribution in [0.4, 0.5) is 11.4 Å². The molecule has 0 saturated carbocycles. The molecule has 1 heterocycles. The molecule has 160 valence electrons. The van der Waals surface area contributed by atoms with E-state index in [0.717, 1.165) is 29.9 Å². The molecule has 1 fully saturated rings. The Bertz CT molecular complexity index is 855. The smallest absolute Gasteiger partial charge is 0.344 e. The van der Waals surface area contributed by atoms with Gasteiger partial charge in [0.1, 0.15) is 5.75 Å². The Hall–Kier alpha value is -3.06. The van der Waals surface area contributed by atoms with Gasteiger partial charge in [-0.3, -0.25) is 4.79 Å². The SMILES string of the molecule is Cc1cccc(C)c1OCC(=O)OC(C)C(=O)Nc1ccc(N2CCOCC2)cc1. The Morgan fingerprint density at radius 1 is 1.07 bits per heavy atom. The number of nitrogens with zero attached hydrogens (tertiary/aromatic N) is 1. The van der Waals surface area contributed by atoms with Crippen LogP contribution in [0.3, 0.4) is 0 Å². The van der Waals surface area contributed by atoms with Crippen molar-refractivity contribution in [2.24, 2.45) is 0 Å². The van der Waals surface area contributed by atoms with E-state index >= 15 is 0 Å². The van der Waals surface area contributed by atoms with Crippen LogP contribution in [-0.4, -0.2) is 50.9 Å². The summed E-state index contributed by atoms with van der Waals surface area (Å²) in [5, 5.41) is 2.77. The molecule has 3 rings (SSSR count). The maximum Gasteiger partial charge on any atom is 0.344 e. The number of carbonyl (C=O) groups excluding carboxylic acids is 2. The number of para-hydroxylation sites is 1. The lowest BCUT2D eigenvalue weighted by molar-refractivity contribution is -0.155. The molecule has 0 aromatic heterocycles. The second-order valence-electron chi connectivity index (χ2n) is 7.28. The molecule has 7 heteroatoms. The van der Waals surface area contributed by atoms with Crippen molar-refractivity contribution in [3.63, 3.8) is 0 Å². The Kier molecular flexibility index (Phi) is 7.30. The van der Waals surface area contributed by atoms with Gasteiger partial charge in [0.15, 0.2) is 12.7 Å². The zero-order valence-electron chi connectivity index (χ0n) is 17.6. The molecule has 0 aliphatic carbocycles. The third-order valence-electron chi connectivity index (χ3n) is 4.93. The van der Waals surface area contributed by atoms with Gasteiger partial charge in [0.05, 0.1) is 13.2 Å². The first-order valence-corrected chi connectivity index (χ1v) is 10.1. The number of carbonyl (C=O) groups is 2. The normalized spacial score (nSPS) is 14.7. The largest absolute Gasteiger partial charge is 0.481 e. The summed E-state index contributed by atoms with van der Waals surface area (Å²) >= 11 is 0. The summed E-state index contributed by atoms with van der Waals surface area (Å²) in [6.45, 7) is 8.24. The second-order valence-corrected chi connectivity index (χ2v) is 7.28. The van der Waals surface area contributed by atoms with E-state index in [1.54, 1.807) is 0 Å². The monoisotopic (exact) mass is 412 g/mol. The fourth-order valence-corrected chi connectivity index (χ4v) is 3.26. The fraction of sp³-hybridized carbons (Fsp3) is 0.391. The molecule has 30 heavy (non-hydrogen) atoms. The molecule has 0 spiro atoms. The standard InChI is InChI=1S/C23H28N2O5/c1-16-5-4-6-17(2)22(16)29-15-21(26)30-18(3)23(27)24-19-7-9-20(10-8-19)25-11-13-28-14-12-25/h4-10,18H,11-15H2,1-3H3,(H,24,27). The van der Waals surface area contributed by atoms with Crippen LogP contribution in [-0.2, 0) is 19.1 Å². The van der Waals surface area contributed by atoms with Crippen molar-refractivity contribution in [3.8, 4) is 5.75 Å². The summed E-state index contributed by atoms with van der Waals surface area (Å²) in [7, 11) is 0. The van der Waals surface area contributed by atoms with Crippen LogP contribution in [0, 0.1) is 13.8 Å². The van der Waals surface area contributed by atoms with Crippen LogP contribution in [0.15, 0.2) is 42.5 Å². The molecule has 1 aliphatic rings. The summed E-state index contributed by atoms with van der Waals surface area (Å²) in [5.74, 6) is -0.329. The van der Waals surface area contributed by atoms with Gasteiger partial charge in [-0.1, -0.05) is 18.2 Å². The number of hydrogen-bond donors (Lipinski definition) is 1. The highest BCUT2D eigenvalue weighted by molar-refractivity contribution is 5.95. The van der Waals surface area contributed by atoms with E-state index in [9.17, 15) is 9.59 Å². The van der Waals surface area contributed by atoms with E-state index < -0.39 is 18.0 Å². The first-order chi connectivity index (χ1) is 14.4. The molecule has 2 aromatic carbocycles. The highest BCUT2D eigenvalue weighted by Gasteiger charge is 2.19. The van der Waals surface area contributed by atoms with Crippen molar-refractivity contribution in [2.45, 2.75) is 26.9 Å². The number of anilines is 2. The molecule has 1 aliphatic heterocycles. The molecular weight excluding hydrogens is 384 g/mol. The first kappa shape index (κ1) is 21.6. The highest BCUT2D eigenvalue weighted by atomic mass is 16.6. The Morgan fingerprint density at radius 3 is 2.33 bits per heavy atom. The predicted octanol–water partition coefficient (Wildman–Crippen LogP) is 3.09. The van der Waals surface area contributed by atoms with E-state index in [2.05, 4.69) is 10.2 Å². The van der Waals surface area contributed by atoms with Crippen LogP contribution < -0.4 is 15.0 Å². The molecule has 1 N–H and O–H groups in total. The number of rotatable bonds is 7. The van der Waals surface area contributed by atoms with Gasteiger partial charge in [-0.2, -0.15) is 0 Å². The van der Waals surface area contributed by atoms with Crippen molar-refractivity contribution in [1.82, 2.24) is 0 Å². The number of ether oxygens (including phenoxy) is 3. The van der Waals surface area contributed by atoms with Crippen LogP contribution in [0.5, 0.6) is 5.75 Å². The van der Waals surface area contributed by atoms with Crippen LogP contribution in [0.1, 0.15) is 18.1 Å². The van der Waals surface area contributed by atoms with Gasteiger partial charge in [0, 0.05) is 24.5 Å². The number of hydrogen-bond acceptors (Lipinski definition) is 6. The molecule has 1 unspecified atom stereocenters. The maximum absolute atomic E-state index is 12.4. The van der Waals surface area contributed by atoms with Crippen molar-refractivity contribution in [2.75, 3.05) is 43.1 Å². The highest BCUT2D eigenvalue weighted by Crippen LogP contribution is 2.22. The van der Waals surface area contributed by atoms with Crippen LogP contribution in [0.2, 0.25) is 0 Å². The molecular formula is C23H28N2O5. The van der Waals surface area contributed by atoms with Gasteiger partial charge >= 0.3 is 5.97 Å². The van der Waals surface area contributed by atoms with Crippen molar-refractivity contribution < 1.29 is 23.8 Å². The maximum atomic E-state index is 12.4. The lowest BCUT2D eigenvalue weighted by Crippen LogP contribution is -2.36. The zero-order chi connectivity index (χ0) is 21.5. The van der Waals surface area contributed by atoms with Gasteiger partial charge in [-0.05, 0) is 56.2 Å². The molecule has 7 nitrogen and oxygen atoms in total. The molecule has 0 radical (unpaired) electrons. The third-order valence-corrected chi connectivity index (χ3v) is 4.93. The van der Waals surface area contributed by atoms with E-state index in [-0.39, 0.29) is 6.61 Å². The van der Waals surface area contributed by atoms with Gasteiger partial charge in [-0.25, -0.2) is 4.79 Å². The van der Waals surface area contributed by atoms with E-state index in [1.807, 2.05) is 56.3 Å². The summed E-state index contributed by atoms with van der Waals surface area (Å²) in [4.78, 5) is 26.7. The van der Waals surface area contributed by atoms with E-state index in [1.165, 1.54) is 6.92 Å². The second kappa shape index (κ2) is 10.1. The van der Waals surface area contributed by atoms with Crippen LogP contribution in [0.25, 0.3) is 0 Å². The van der Waals surface area contributed by atoms with E-state index in [0.29, 0.717) is 24.7 Å². The summed E-state index contributed by atoms with van der Waals surface area (Å²) in [5.41, 5.74) is 3.61. The zero-order valence-corrected chi connectivity index (χ0v) is 17.6. The summed E-state index contributed by atoms with van der Waals surface area (Å²) in [6.07, 6.45) is -0.932. The number of benzene rings is 2. The van der Waals surface area contributed by atoms with E-state index in [4.69, 9.17) is 14.2 Å². The van der Waals surface area contributed by atoms with Crippen molar-refractivity contribution in [1.29, 1.82) is 0 Å².